The van der Waals surface area contributed by atoms with Crippen molar-refractivity contribution in [3.8, 4) is 11.3 Å². The van der Waals surface area contributed by atoms with Crippen molar-refractivity contribution >= 4 is 11.8 Å². The van der Waals surface area contributed by atoms with Crippen LogP contribution in [0.15, 0.2) is 60.7 Å². The Kier molecular flexibility index (Phi) is 5.42. The second-order valence-corrected chi connectivity index (χ2v) is 7.39. The number of H-pyrrole nitrogens is 1. The molecule has 2 N–H and O–H groups in total. The first-order chi connectivity index (χ1) is 14.1. The lowest BCUT2D eigenvalue weighted by Gasteiger charge is -2.32. The summed E-state index contributed by atoms with van der Waals surface area (Å²) < 4.78 is 0. The maximum atomic E-state index is 12.8. The van der Waals surface area contributed by atoms with Crippen LogP contribution in [0.1, 0.15) is 39.3 Å². The highest BCUT2D eigenvalue weighted by molar-refractivity contribution is 5.96. The molecule has 0 unspecified atom stereocenters. The molecule has 1 aliphatic heterocycles. The van der Waals surface area contributed by atoms with Crippen LogP contribution < -0.4 is 5.32 Å². The Morgan fingerprint density at radius 2 is 1.72 bits per heavy atom. The van der Waals surface area contributed by atoms with Crippen molar-refractivity contribution in [2.24, 2.45) is 0 Å². The van der Waals surface area contributed by atoms with E-state index in [9.17, 15) is 9.59 Å². The van der Waals surface area contributed by atoms with Gasteiger partial charge >= 0.3 is 0 Å². The number of likely N-dealkylation sites (tertiary alicyclic amines) is 1. The summed E-state index contributed by atoms with van der Waals surface area (Å²) in [6, 6.07) is 19.2. The van der Waals surface area contributed by atoms with Gasteiger partial charge in [0.05, 0.1) is 5.69 Å². The number of rotatable bonds is 4. The van der Waals surface area contributed by atoms with E-state index in [0.29, 0.717) is 24.3 Å². The molecule has 0 saturated carbocycles. The number of hydrogen-bond acceptors (Lipinski definition) is 3. The molecule has 2 amide bonds. The first-order valence-corrected chi connectivity index (χ1v) is 9.88. The van der Waals surface area contributed by atoms with Crippen molar-refractivity contribution in [1.29, 1.82) is 0 Å². The zero-order valence-electron chi connectivity index (χ0n) is 16.4. The van der Waals surface area contributed by atoms with E-state index in [-0.39, 0.29) is 17.9 Å². The first kappa shape index (κ1) is 18.9. The minimum Gasteiger partial charge on any atom is -0.349 e. The number of hydrogen-bond donors (Lipinski definition) is 2. The van der Waals surface area contributed by atoms with E-state index in [1.807, 2.05) is 66.4 Å². The van der Waals surface area contributed by atoms with Crippen LogP contribution in [0, 0.1) is 6.92 Å². The number of aromatic amines is 1. The first-order valence-electron chi connectivity index (χ1n) is 9.88. The fourth-order valence-corrected chi connectivity index (χ4v) is 3.68. The molecule has 6 heteroatoms. The average molecular weight is 388 g/mol. The molecule has 0 radical (unpaired) electrons. The van der Waals surface area contributed by atoms with Gasteiger partial charge in [0, 0.05) is 30.3 Å². The molecular formula is C23H24N4O2. The monoisotopic (exact) mass is 388 g/mol. The van der Waals surface area contributed by atoms with Crippen LogP contribution in [0.25, 0.3) is 11.3 Å². The van der Waals surface area contributed by atoms with Crippen LogP contribution >= 0.6 is 0 Å². The number of aryl methyl sites for hydroxylation is 1. The Labute approximate surface area is 169 Å². The topological polar surface area (TPSA) is 78.1 Å². The van der Waals surface area contributed by atoms with Gasteiger partial charge in [-0.15, -0.1) is 0 Å². The van der Waals surface area contributed by atoms with Gasteiger partial charge in [0.15, 0.2) is 0 Å². The number of benzene rings is 2. The molecule has 0 bridgehead atoms. The molecule has 0 atom stereocenters. The summed E-state index contributed by atoms with van der Waals surface area (Å²) in [5.41, 5.74) is 3.89. The van der Waals surface area contributed by atoms with Gasteiger partial charge in [-0.25, -0.2) is 0 Å². The predicted molar refractivity (Wildman–Crippen MR) is 112 cm³/mol. The van der Waals surface area contributed by atoms with E-state index in [0.717, 1.165) is 29.7 Å². The average Bonchev–Trinajstić information content (AvgIpc) is 3.25. The summed E-state index contributed by atoms with van der Waals surface area (Å²) in [5, 5.41) is 10.2. The number of carbonyl (C=O) groups excluding carboxylic acids is 2. The van der Waals surface area contributed by atoms with Crippen molar-refractivity contribution in [1.82, 2.24) is 20.4 Å². The van der Waals surface area contributed by atoms with Crippen LogP contribution in [0.5, 0.6) is 0 Å². The highest BCUT2D eigenvalue weighted by atomic mass is 16.2. The third kappa shape index (κ3) is 4.21. The zero-order chi connectivity index (χ0) is 20.2. The number of nitrogens with zero attached hydrogens (tertiary/aromatic N) is 2. The molecule has 1 aromatic heterocycles. The van der Waals surface area contributed by atoms with Crippen molar-refractivity contribution < 1.29 is 9.59 Å². The van der Waals surface area contributed by atoms with Gasteiger partial charge in [0.25, 0.3) is 11.8 Å². The SMILES string of the molecule is Cc1ccccc1C(=O)NC1CCN(C(=O)c2cc(-c3ccccc3)n[nH]2)CC1. The lowest BCUT2D eigenvalue weighted by molar-refractivity contribution is 0.0692. The zero-order valence-corrected chi connectivity index (χ0v) is 16.4. The second-order valence-electron chi connectivity index (χ2n) is 7.39. The van der Waals surface area contributed by atoms with Gasteiger partial charge in [-0.3, -0.25) is 14.7 Å². The molecule has 2 heterocycles. The molecule has 29 heavy (non-hydrogen) atoms. The highest BCUT2D eigenvalue weighted by Gasteiger charge is 2.26. The smallest absolute Gasteiger partial charge is 0.271 e. The number of nitrogens with one attached hydrogen (secondary N) is 2. The van der Waals surface area contributed by atoms with E-state index in [1.54, 1.807) is 6.07 Å². The minimum absolute atomic E-state index is 0.0473. The number of amides is 2. The fourth-order valence-electron chi connectivity index (χ4n) is 3.68. The highest BCUT2D eigenvalue weighted by Crippen LogP contribution is 2.19. The molecule has 0 spiro atoms. The normalized spacial score (nSPS) is 14.6. The van der Waals surface area contributed by atoms with Gasteiger partial charge in [0.1, 0.15) is 5.69 Å². The van der Waals surface area contributed by atoms with Gasteiger partial charge in [-0.2, -0.15) is 5.10 Å². The van der Waals surface area contributed by atoms with E-state index >= 15 is 0 Å². The standard InChI is InChI=1S/C23H24N4O2/c1-16-7-5-6-10-19(16)22(28)24-18-11-13-27(14-12-18)23(29)21-15-20(25-26-21)17-8-3-2-4-9-17/h2-10,15,18H,11-14H2,1H3,(H,24,28)(H,25,26). The fraction of sp³-hybridized carbons (Fsp3) is 0.261. The van der Waals surface area contributed by atoms with Gasteiger partial charge < -0.3 is 10.2 Å². The largest absolute Gasteiger partial charge is 0.349 e. The molecule has 4 rings (SSSR count). The van der Waals surface area contributed by atoms with E-state index < -0.39 is 0 Å². The van der Waals surface area contributed by atoms with E-state index in [1.165, 1.54) is 0 Å². The Hall–Kier alpha value is -3.41. The number of aromatic nitrogens is 2. The molecular weight excluding hydrogens is 364 g/mol. The summed E-state index contributed by atoms with van der Waals surface area (Å²) in [6.07, 6.45) is 1.48. The Morgan fingerprint density at radius 3 is 2.45 bits per heavy atom. The van der Waals surface area contributed by atoms with Gasteiger partial charge in [-0.05, 0) is 37.5 Å². The van der Waals surface area contributed by atoms with E-state index in [4.69, 9.17) is 0 Å². The Balaban J connectivity index is 1.34. The van der Waals surface area contributed by atoms with Gasteiger partial charge in [-0.1, -0.05) is 48.5 Å². The van der Waals surface area contributed by atoms with Crippen LogP contribution in [0.2, 0.25) is 0 Å². The summed E-state index contributed by atoms with van der Waals surface area (Å²) in [7, 11) is 0. The lowest BCUT2D eigenvalue weighted by atomic mass is 10.0. The second kappa shape index (κ2) is 8.31. The Morgan fingerprint density at radius 1 is 1.03 bits per heavy atom. The van der Waals surface area contributed by atoms with Crippen molar-refractivity contribution in [2.45, 2.75) is 25.8 Å². The summed E-state index contributed by atoms with van der Waals surface area (Å²) in [4.78, 5) is 27.1. The quantitative estimate of drug-likeness (QED) is 0.719. The summed E-state index contributed by atoms with van der Waals surface area (Å²) in [5.74, 6) is -0.0997. The molecule has 6 nitrogen and oxygen atoms in total. The van der Waals surface area contributed by atoms with Crippen molar-refractivity contribution in [3.63, 3.8) is 0 Å². The van der Waals surface area contributed by atoms with Crippen molar-refractivity contribution in [2.75, 3.05) is 13.1 Å². The summed E-state index contributed by atoms with van der Waals surface area (Å²) in [6.45, 7) is 3.15. The third-order valence-electron chi connectivity index (χ3n) is 5.38. The van der Waals surface area contributed by atoms with Crippen LogP contribution in [-0.4, -0.2) is 46.0 Å². The summed E-state index contributed by atoms with van der Waals surface area (Å²) >= 11 is 0. The Bertz CT molecular complexity index is 1000. The maximum Gasteiger partial charge on any atom is 0.271 e. The molecule has 1 fully saturated rings. The predicted octanol–water partition coefficient (Wildman–Crippen LogP) is 3.42. The van der Waals surface area contributed by atoms with Crippen LogP contribution in [0.4, 0.5) is 0 Å². The number of piperidine rings is 1. The third-order valence-corrected chi connectivity index (χ3v) is 5.38. The van der Waals surface area contributed by atoms with Crippen LogP contribution in [-0.2, 0) is 0 Å². The minimum atomic E-state index is -0.0524. The van der Waals surface area contributed by atoms with Crippen LogP contribution in [0.3, 0.4) is 0 Å². The van der Waals surface area contributed by atoms with Gasteiger partial charge in [0.2, 0.25) is 0 Å². The molecule has 0 aliphatic carbocycles. The maximum absolute atomic E-state index is 12.8. The molecule has 1 aliphatic rings. The molecule has 1 saturated heterocycles. The van der Waals surface area contributed by atoms with Crippen molar-refractivity contribution in [3.05, 3.63) is 77.5 Å². The lowest BCUT2D eigenvalue weighted by Crippen LogP contribution is -2.46. The van der Waals surface area contributed by atoms with E-state index in [2.05, 4.69) is 15.5 Å². The molecule has 2 aromatic carbocycles. The number of carbonyl (C=O) groups is 2. The molecule has 3 aromatic rings. The molecule has 148 valence electrons.